The molecule has 1 rings (SSSR count). The molecule has 96 valence electrons. The lowest BCUT2D eigenvalue weighted by Crippen LogP contribution is -2.45. The summed E-state index contributed by atoms with van der Waals surface area (Å²) < 4.78 is 62.1. The summed E-state index contributed by atoms with van der Waals surface area (Å²) in [5.41, 5.74) is 4.40. The lowest BCUT2D eigenvalue weighted by molar-refractivity contribution is -0.290. The van der Waals surface area contributed by atoms with Gasteiger partial charge in [0.15, 0.2) is 0 Å². The van der Waals surface area contributed by atoms with Crippen LogP contribution >= 0.6 is 23.2 Å². The van der Waals surface area contributed by atoms with Crippen molar-refractivity contribution in [1.82, 2.24) is 0 Å². The Bertz CT molecular complexity index is 418. The monoisotopic (exact) mass is 293 g/mol. The molecule has 0 fully saturated rings. The van der Waals surface area contributed by atoms with Crippen LogP contribution in [0.15, 0.2) is 18.2 Å². The van der Waals surface area contributed by atoms with Crippen LogP contribution in [0.2, 0.25) is 10.0 Å². The lowest BCUT2D eigenvalue weighted by Gasteiger charge is -2.26. The zero-order valence-corrected chi connectivity index (χ0v) is 9.54. The molecule has 0 aliphatic rings. The first-order valence-electron chi connectivity index (χ1n) is 4.22. The Balaban J connectivity index is 3.17. The molecule has 1 aromatic carbocycles. The maximum absolute atomic E-state index is 12.9. The van der Waals surface area contributed by atoms with Gasteiger partial charge in [0, 0.05) is 10.0 Å². The van der Waals surface area contributed by atoms with Gasteiger partial charge in [-0.25, -0.2) is 0 Å². The molecular weight excluding hydrogens is 288 g/mol. The second-order valence-electron chi connectivity index (χ2n) is 3.26. The fourth-order valence-electron chi connectivity index (χ4n) is 1.13. The second kappa shape index (κ2) is 4.59. The Hall–Kier alpha value is -0.590. The van der Waals surface area contributed by atoms with Crippen molar-refractivity contribution in [3.63, 3.8) is 0 Å². The zero-order chi connectivity index (χ0) is 13.4. The highest BCUT2D eigenvalue weighted by Gasteiger charge is 2.61. The van der Waals surface area contributed by atoms with E-state index in [1.54, 1.807) is 0 Å². The predicted molar refractivity (Wildman–Crippen MR) is 54.4 cm³/mol. The third-order valence-corrected chi connectivity index (χ3v) is 2.63. The largest absolute Gasteiger partial charge is 0.455 e. The van der Waals surface area contributed by atoms with Crippen LogP contribution in [0.1, 0.15) is 11.6 Å². The lowest BCUT2D eigenvalue weighted by atomic mass is 10.0. The van der Waals surface area contributed by atoms with E-state index >= 15 is 0 Å². The van der Waals surface area contributed by atoms with E-state index in [2.05, 4.69) is 0 Å². The number of alkyl halides is 5. The Morgan fingerprint density at radius 2 is 1.59 bits per heavy atom. The number of hydrogen-bond donors (Lipinski definition) is 1. The summed E-state index contributed by atoms with van der Waals surface area (Å²) in [7, 11) is 0. The molecule has 0 aliphatic carbocycles. The van der Waals surface area contributed by atoms with Crippen molar-refractivity contribution in [3.8, 4) is 0 Å². The van der Waals surface area contributed by atoms with Crippen LogP contribution in [0.4, 0.5) is 22.0 Å². The van der Waals surface area contributed by atoms with Crippen LogP contribution in [0.5, 0.6) is 0 Å². The molecule has 0 bridgehead atoms. The first-order valence-corrected chi connectivity index (χ1v) is 4.98. The van der Waals surface area contributed by atoms with Gasteiger partial charge in [0.1, 0.15) is 6.04 Å². The summed E-state index contributed by atoms with van der Waals surface area (Å²) in [5.74, 6) is -5.07. The summed E-state index contributed by atoms with van der Waals surface area (Å²) in [4.78, 5) is 0. The van der Waals surface area contributed by atoms with Crippen molar-refractivity contribution in [2.45, 2.75) is 18.1 Å². The third-order valence-electron chi connectivity index (χ3n) is 2.07. The highest BCUT2D eigenvalue weighted by molar-refractivity contribution is 6.35. The van der Waals surface area contributed by atoms with Crippen molar-refractivity contribution >= 4 is 23.2 Å². The van der Waals surface area contributed by atoms with Gasteiger partial charge < -0.3 is 5.73 Å². The normalized spacial score (nSPS) is 14.8. The van der Waals surface area contributed by atoms with Gasteiger partial charge in [-0.1, -0.05) is 29.3 Å². The highest BCUT2D eigenvalue weighted by atomic mass is 35.5. The van der Waals surface area contributed by atoms with Crippen LogP contribution < -0.4 is 5.73 Å². The van der Waals surface area contributed by atoms with Crippen LogP contribution in [-0.2, 0) is 0 Å². The molecule has 1 atom stereocenters. The number of hydrogen-bond acceptors (Lipinski definition) is 1. The molecule has 0 amide bonds. The molecule has 0 aromatic heterocycles. The zero-order valence-electron chi connectivity index (χ0n) is 8.03. The predicted octanol–water partition coefficient (Wildman–Crippen LogP) is 4.19. The van der Waals surface area contributed by atoms with E-state index in [1.807, 2.05) is 0 Å². The molecule has 17 heavy (non-hydrogen) atoms. The first kappa shape index (κ1) is 14.5. The van der Waals surface area contributed by atoms with E-state index in [9.17, 15) is 22.0 Å². The van der Waals surface area contributed by atoms with Crippen molar-refractivity contribution in [1.29, 1.82) is 0 Å². The Labute approximate surface area is 103 Å². The van der Waals surface area contributed by atoms with Crippen LogP contribution in [0.25, 0.3) is 0 Å². The van der Waals surface area contributed by atoms with Gasteiger partial charge in [-0.3, -0.25) is 0 Å². The fourth-order valence-corrected chi connectivity index (χ4v) is 1.65. The van der Waals surface area contributed by atoms with E-state index in [1.165, 1.54) is 0 Å². The molecule has 0 aliphatic heterocycles. The molecule has 8 heteroatoms. The van der Waals surface area contributed by atoms with Crippen molar-refractivity contribution in [3.05, 3.63) is 33.8 Å². The minimum atomic E-state index is -5.74. The van der Waals surface area contributed by atoms with Gasteiger partial charge in [0.25, 0.3) is 0 Å². The molecule has 0 spiro atoms. The molecule has 1 aromatic rings. The van der Waals surface area contributed by atoms with E-state index < -0.39 is 23.7 Å². The summed E-state index contributed by atoms with van der Waals surface area (Å²) in [6.07, 6.45) is -5.74. The van der Waals surface area contributed by atoms with Crippen LogP contribution in [0.3, 0.4) is 0 Å². The van der Waals surface area contributed by atoms with Gasteiger partial charge in [-0.15, -0.1) is 0 Å². The second-order valence-corrected chi connectivity index (χ2v) is 4.11. The summed E-state index contributed by atoms with van der Waals surface area (Å²) in [5, 5.41) is -0.227. The van der Waals surface area contributed by atoms with Gasteiger partial charge >= 0.3 is 12.1 Å². The molecule has 0 saturated carbocycles. The minimum Gasteiger partial charge on any atom is -0.319 e. The average molecular weight is 294 g/mol. The Kier molecular flexibility index (Phi) is 3.91. The maximum Gasteiger partial charge on any atom is 0.455 e. The van der Waals surface area contributed by atoms with Crippen molar-refractivity contribution in [2.75, 3.05) is 0 Å². The molecule has 1 nitrogen and oxygen atoms in total. The van der Waals surface area contributed by atoms with Crippen molar-refractivity contribution in [2.24, 2.45) is 5.73 Å². The molecule has 0 radical (unpaired) electrons. The van der Waals surface area contributed by atoms with Gasteiger partial charge in [-0.2, -0.15) is 22.0 Å². The fraction of sp³-hybridized carbons (Fsp3) is 0.333. The first-order chi connectivity index (χ1) is 7.57. The van der Waals surface area contributed by atoms with Crippen LogP contribution in [0, 0.1) is 0 Å². The smallest absolute Gasteiger partial charge is 0.319 e. The SMILES string of the molecule is NC(c1ccc(Cl)cc1Cl)C(F)(F)C(F)(F)F. The number of benzene rings is 1. The van der Waals surface area contributed by atoms with E-state index in [4.69, 9.17) is 28.9 Å². The number of halogens is 7. The average Bonchev–Trinajstić information content (AvgIpc) is 2.14. The standard InChI is InChI=1S/C9H6Cl2F5N/c10-4-1-2-5(6(11)3-4)7(17)8(12,13)9(14,15)16/h1-3,7H,17H2. The van der Waals surface area contributed by atoms with E-state index in [0.29, 0.717) is 0 Å². The Morgan fingerprint density at radius 3 is 2.00 bits per heavy atom. The molecule has 1 unspecified atom stereocenters. The van der Waals surface area contributed by atoms with E-state index in [-0.39, 0.29) is 10.0 Å². The Morgan fingerprint density at radius 1 is 1.06 bits per heavy atom. The maximum atomic E-state index is 12.9. The minimum absolute atomic E-state index is 0.112. The third kappa shape index (κ3) is 2.81. The topological polar surface area (TPSA) is 26.0 Å². The summed E-state index contributed by atoms with van der Waals surface area (Å²) in [6.45, 7) is 0. The van der Waals surface area contributed by atoms with E-state index in [0.717, 1.165) is 18.2 Å². The molecular formula is C9H6Cl2F5N. The number of nitrogens with two attached hydrogens (primary N) is 1. The molecule has 0 heterocycles. The summed E-state index contributed by atoms with van der Waals surface area (Å²) >= 11 is 11.0. The van der Waals surface area contributed by atoms with Crippen molar-refractivity contribution < 1.29 is 22.0 Å². The van der Waals surface area contributed by atoms with Crippen LogP contribution in [-0.4, -0.2) is 12.1 Å². The molecule has 0 saturated heterocycles. The summed E-state index contributed by atoms with van der Waals surface area (Å²) in [6, 6.07) is 0.543. The molecule has 2 N–H and O–H groups in total. The highest BCUT2D eigenvalue weighted by Crippen LogP contribution is 2.44. The van der Waals surface area contributed by atoms with Gasteiger partial charge in [0.2, 0.25) is 0 Å². The van der Waals surface area contributed by atoms with Gasteiger partial charge in [0.05, 0.1) is 0 Å². The quantitative estimate of drug-likeness (QED) is 0.813. The number of rotatable bonds is 2. The van der Waals surface area contributed by atoms with Gasteiger partial charge in [-0.05, 0) is 17.7 Å².